The van der Waals surface area contributed by atoms with Crippen LogP contribution in [0.2, 0.25) is 0 Å². The molecule has 0 saturated heterocycles. The third-order valence-corrected chi connectivity index (χ3v) is 4.84. The fourth-order valence-electron chi connectivity index (χ4n) is 3.52. The topological polar surface area (TPSA) is 83.4 Å². The number of aliphatic hydroxyl groups excluding tert-OH is 1. The largest absolute Gasteiger partial charge is 0.395 e. The lowest BCUT2D eigenvalue weighted by atomic mass is 10.0. The minimum Gasteiger partial charge on any atom is -0.395 e. The zero-order valence-electron chi connectivity index (χ0n) is 15.3. The Balaban J connectivity index is 1.67. The molecule has 4 rings (SSSR count). The number of para-hydroxylation sites is 2. The van der Waals surface area contributed by atoms with E-state index in [1.54, 1.807) is 0 Å². The molecule has 1 aliphatic heterocycles. The van der Waals surface area contributed by atoms with Crippen molar-refractivity contribution in [3.05, 3.63) is 65.9 Å². The Bertz CT molecular complexity index is 1080. The van der Waals surface area contributed by atoms with Gasteiger partial charge in [0.25, 0.3) is 5.91 Å². The van der Waals surface area contributed by atoms with E-state index in [2.05, 4.69) is 10.6 Å². The monoisotopic (exact) mass is 375 g/mol. The summed E-state index contributed by atoms with van der Waals surface area (Å²) in [6.45, 7) is 0.709. The van der Waals surface area contributed by atoms with Crippen LogP contribution >= 0.6 is 0 Å². The minimum absolute atomic E-state index is 0.0700. The van der Waals surface area contributed by atoms with Crippen LogP contribution in [-0.2, 0) is 16.1 Å². The number of amides is 2. The van der Waals surface area contributed by atoms with Crippen LogP contribution in [0.1, 0.15) is 17.5 Å². The van der Waals surface area contributed by atoms with Crippen LogP contribution in [0.15, 0.2) is 54.7 Å². The molecule has 0 radical (unpaired) electrons. The first-order valence-electron chi connectivity index (χ1n) is 9.25. The highest BCUT2D eigenvalue weighted by atomic mass is 16.3. The molecule has 142 valence electrons. The standard InChI is InChI=1S/C22H21N3O3/c26-12-10-23-21(27)9-11-25-14-15(16-5-2-4-8-20(16)25)13-18-17-6-1-3-7-19(17)24-22(18)28/h1-8,13-14,26H,9-12H2,(H,23,27)(H,24,28)/b18-13-. The van der Waals surface area contributed by atoms with Crippen LogP contribution in [0.5, 0.6) is 0 Å². The highest BCUT2D eigenvalue weighted by Crippen LogP contribution is 2.34. The van der Waals surface area contributed by atoms with Gasteiger partial charge in [-0.05, 0) is 18.2 Å². The number of hydrogen-bond donors (Lipinski definition) is 3. The maximum atomic E-state index is 12.4. The molecule has 0 aliphatic carbocycles. The Labute approximate surface area is 162 Å². The number of rotatable bonds is 6. The maximum absolute atomic E-state index is 12.4. The van der Waals surface area contributed by atoms with Crippen LogP contribution in [0.25, 0.3) is 22.6 Å². The summed E-state index contributed by atoms with van der Waals surface area (Å²) in [7, 11) is 0. The van der Waals surface area contributed by atoms with Gasteiger partial charge >= 0.3 is 0 Å². The van der Waals surface area contributed by atoms with Crippen LogP contribution in [0.3, 0.4) is 0 Å². The van der Waals surface area contributed by atoms with E-state index in [9.17, 15) is 9.59 Å². The van der Waals surface area contributed by atoms with Gasteiger partial charge in [0, 0.05) is 59.0 Å². The summed E-state index contributed by atoms with van der Waals surface area (Å²) in [6.07, 6.45) is 4.20. The molecule has 2 heterocycles. The number of benzene rings is 2. The number of nitrogens with zero attached hydrogens (tertiary/aromatic N) is 1. The van der Waals surface area contributed by atoms with Crippen molar-refractivity contribution in [1.29, 1.82) is 0 Å². The average Bonchev–Trinajstić information content (AvgIpc) is 3.23. The molecule has 0 atom stereocenters. The average molecular weight is 375 g/mol. The van der Waals surface area contributed by atoms with Crippen molar-refractivity contribution in [2.45, 2.75) is 13.0 Å². The lowest BCUT2D eigenvalue weighted by molar-refractivity contribution is -0.121. The summed E-state index contributed by atoms with van der Waals surface area (Å²) >= 11 is 0. The zero-order valence-corrected chi connectivity index (χ0v) is 15.3. The Morgan fingerprint density at radius 3 is 2.79 bits per heavy atom. The first-order valence-corrected chi connectivity index (χ1v) is 9.25. The van der Waals surface area contributed by atoms with E-state index in [0.29, 0.717) is 18.5 Å². The normalized spacial score (nSPS) is 14.3. The fourth-order valence-corrected chi connectivity index (χ4v) is 3.52. The summed E-state index contributed by atoms with van der Waals surface area (Å²) in [5.74, 6) is -0.211. The van der Waals surface area contributed by atoms with E-state index in [-0.39, 0.29) is 25.0 Å². The van der Waals surface area contributed by atoms with Gasteiger partial charge in [0.1, 0.15) is 0 Å². The summed E-state index contributed by atoms with van der Waals surface area (Å²) in [4.78, 5) is 24.3. The molecule has 2 amide bonds. The number of nitrogens with one attached hydrogen (secondary N) is 2. The van der Waals surface area contributed by atoms with E-state index in [4.69, 9.17) is 5.11 Å². The predicted molar refractivity (Wildman–Crippen MR) is 110 cm³/mol. The molecular formula is C22H21N3O3. The van der Waals surface area contributed by atoms with Gasteiger partial charge in [0.15, 0.2) is 0 Å². The van der Waals surface area contributed by atoms with Crippen molar-refractivity contribution in [3.63, 3.8) is 0 Å². The molecule has 0 unspecified atom stereocenters. The Morgan fingerprint density at radius 2 is 1.93 bits per heavy atom. The molecule has 1 aromatic heterocycles. The second-order valence-electron chi connectivity index (χ2n) is 6.68. The number of aromatic nitrogens is 1. The molecule has 6 nitrogen and oxygen atoms in total. The van der Waals surface area contributed by atoms with Crippen molar-refractivity contribution >= 4 is 40.1 Å². The lowest BCUT2D eigenvalue weighted by Gasteiger charge is -2.06. The van der Waals surface area contributed by atoms with Crippen molar-refractivity contribution < 1.29 is 14.7 Å². The lowest BCUT2D eigenvalue weighted by Crippen LogP contribution is -2.27. The van der Waals surface area contributed by atoms with Gasteiger partial charge < -0.3 is 20.3 Å². The minimum atomic E-state index is -0.110. The third-order valence-electron chi connectivity index (χ3n) is 4.84. The fraction of sp³-hybridized carbons (Fsp3) is 0.182. The smallest absolute Gasteiger partial charge is 0.256 e. The summed E-state index contributed by atoms with van der Waals surface area (Å²) in [5.41, 5.74) is 4.30. The molecule has 2 aromatic carbocycles. The Hall–Kier alpha value is -3.38. The Kier molecular flexibility index (Phi) is 4.95. The maximum Gasteiger partial charge on any atom is 0.256 e. The van der Waals surface area contributed by atoms with Crippen LogP contribution in [0.4, 0.5) is 5.69 Å². The molecule has 1 aliphatic rings. The van der Waals surface area contributed by atoms with Crippen LogP contribution < -0.4 is 10.6 Å². The van der Waals surface area contributed by atoms with Crippen molar-refractivity contribution in [2.24, 2.45) is 0 Å². The number of anilines is 1. The highest BCUT2D eigenvalue weighted by Gasteiger charge is 2.23. The molecular weight excluding hydrogens is 354 g/mol. The van der Waals surface area contributed by atoms with Gasteiger partial charge in [-0.25, -0.2) is 0 Å². The molecule has 0 bridgehead atoms. The van der Waals surface area contributed by atoms with E-state index in [0.717, 1.165) is 27.7 Å². The van der Waals surface area contributed by atoms with Gasteiger partial charge in [-0.1, -0.05) is 36.4 Å². The first kappa shape index (κ1) is 18.0. The number of aliphatic hydroxyl groups is 1. The second-order valence-corrected chi connectivity index (χ2v) is 6.68. The molecule has 0 fully saturated rings. The van der Waals surface area contributed by atoms with Gasteiger partial charge in [-0.15, -0.1) is 0 Å². The predicted octanol–water partition coefficient (Wildman–Crippen LogP) is 2.63. The highest BCUT2D eigenvalue weighted by molar-refractivity contribution is 6.35. The molecule has 6 heteroatoms. The molecule has 28 heavy (non-hydrogen) atoms. The third kappa shape index (κ3) is 3.42. The first-order chi connectivity index (χ1) is 13.7. The molecule has 0 spiro atoms. The van der Waals surface area contributed by atoms with E-state index >= 15 is 0 Å². The zero-order chi connectivity index (χ0) is 19.5. The number of carbonyl (C=O) groups is 2. The van der Waals surface area contributed by atoms with Gasteiger partial charge in [0.2, 0.25) is 5.91 Å². The molecule has 3 N–H and O–H groups in total. The van der Waals surface area contributed by atoms with Gasteiger partial charge in [-0.3, -0.25) is 9.59 Å². The molecule has 0 saturated carbocycles. The number of fused-ring (bicyclic) bond motifs is 2. The summed E-state index contributed by atoms with van der Waals surface area (Å²) in [6, 6.07) is 15.6. The van der Waals surface area contributed by atoms with Crippen LogP contribution in [-0.4, -0.2) is 34.6 Å². The molecule has 3 aromatic rings. The van der Waals surface area contributed by atoms with E-state index in [1.165, 1.54) is 0 Å². The van der Waals surface area contributed by atoms with Gasteiger partial charge in [-0.2, -0.15) is 0 Å². The number of hydrogen-bond acceptors (Lipinski definition) is 3. The second kappa shape index (κ2) is 7.70. The van der Waals surface area contributed by atoms with Gasteiger partial charge in [0.05, 0.1) is 6.61 Å². The quantitative estimate of drug-likeness (QED) is 0.579. The van der Waals surface area contributed by atoms with E-state index in [1.807, 2.05) is 65.4 Å². The van der Waals surface area contributed by atoms with Crippen molar-refractivity contribution in [2.75, 3.05) is 18.5 Å². The van der Waals surface area contributed by atoms with Crippen molar-refractivity contribution in [1.82, 2.24) is 9.88 Å². The SMILES string of the molecule is O=C(CCn1cc(/C=C2\C(=O)Nc3ccccc32)c2ccccc21)NCCO. The summed E-state index contributed by atoms with van der Waals surface area (Å²) in [5, 5.41) is 15.4. The number of carbonyl (C=O) groups excluding carboxylic acids is 2. The van der Waals surface area contributed by atoms with Crippen LogP contribution in [0, 0.1) is 0 Å². The number of aryl methyl sites for hydroxylation is 1. The summed E-state index contributed by atoms with van der Waals surface area (Å²) < 4.78 is 2.03. The van der Waals surface area contributed by atoms with Crippen molar-refractivity contribution in [3.8, 4) is 0 Å². The Morgan fingerprint density at radius 1 is 1.14 bits per heavy atom. The van der Waals surface area contributed by atoms with E-state index < -0.39 is 0 Å².